The van der Waals surface area contributed by atoms with Gasteiger partial charge in [0.1, 0.15) is 5.69 Å². The molecular formula is C14H20ClN3O3S. The Balaban J connectivity index is 2.04. The Morgan fingerprint density at radius 2 is 2.27 bits per heavy atom. The summed E-state index contributed by atoms with van der Waals surface area (Å²) in [7, 11) is -3.20. The fraction of sp³-hybridized carbons (Fsp3) is 0.571. The lowest BCUT2D eigenvalue weighted by Gasteiger charge is -2.35. The summed E-state index contributed by atoms with van der Waals surface area (Å²) in [6.07, 6.45) is 6.10. The number of halogens is 1. The third-order valence-corrected chi connectivity index (χ3v) is 4.63. The number of aromatic nitrogens is 1. The molecule has 1 aromatic rings. The van der Waals surface area contributed by atoms with Crippen molar-refractivity contribution < 1.29 is 13.2 Å². The first-order valence-corrected chi connectivity index (χ1v) is 9.51. The lowest BCUT2D eigenvalue weighted by atomic mass is 9.99. The predicted octanol–water partition coefficient (Wildman–Crippen LogP) is 1.67. The summed E-state index contributed by atoms with van der Waals surface area (Å²) in [6.45, 7) is 0.993. The molecule has 0 unspecified atom stereocenters. The Morgan fingerprint density at radius 3 is 2.95 bits per heavy atom. The zero-order valence-corrected chi connectivity index (χ0v) is 14.0. The van der Waals surface area contributed by atoms with E-state index >= 15 is 0 Å². The standard InChI is InChI=1S/C14H20ClN3O3S/c1-22(20,21)17-8-6-12-4-2-3-9-18(12)14(19)13-10-11(15)5-7-16-13/h5,7,10,12,17H,2-4,6,8-9H2,1H3/t12-/m1/s1. The van der Waals surface area contributed by atoms with Crippen molar-refractivity contribution in [2.75, 3.05) is 19.3 Å². The van der Waals surface area contributed by atoms with Crippen molar-refractivity contribution in [1.82, 2.24) is 14.6 Å². The van der Waals surface area contributed by atoms with E-state index in [2.05, 4.69) is 9.71 Å². The Kier molecular flexibility index (Phi) is 5.77. The average molecular weight is 346 g/mol. The summed E-state index contributed by atoms with van der Waals surface area (Å²) in [4.78, 5) is 18.5. The molecule has 0 bridgehead atoms. The molecule has 1 atom stereocenters. The fourth-order valence-electron chi connectivity index (χ4n) is 2.65. The first-order valence-electron chi connectivity index (χ1n) is 7.24. The number of hydrogen-bond acceptors (Lipinski definition) is 4. The molecule has 8 heteroatoms. The van der Waals surface area contributed by atoms with Gasteiger partial charge in [0, 0.05) is 30.4 Å². The monoisotopic (exact) mass is 345 g/mol. The molecule has 0 saturated carbocycles. The Bertz CT molecular complexity index is 636. The van der Waals surface area contributed by atoms with Crippen LogP contribution in [0, 0.1) is 0 Å². The first-order chi connectivity index (χ1) is 10.4. The SMILES string of the molecule is CS(=O)(=O)NCC[C@H]1CCCCN1C(=O)c1cc(Cl)ccn1. The number of rotatable bonds is 5. The third kappa shape index (κ3) is 4.93. The number of hydrogen-bond donors (Lipinski definition) is 1. The van der Waals surface area contributed by atoms with Crippen LogP contribution in [0.3, 0.4) is 0 Å². The smallest absolute Gasteiger partial charge is 0.272 e. The van der Waals surface area contributed by atoms with Crippen molar-refractivity contribution in [2.45, 2.75) is 31.7 Å². The van der Waals surface area contributed by atoms with Crippen molar-refractivity contribution in [3.8, 4) is 0 Å². The molecule has 0 aromatic carbocycles. The van der Waals surface area contributed by atoms with E-state index in [0.717, 1.165) is 25.5 Å². The molecule has 0 spiro atoms. The van der Waals surface area contributed by atoms with Gasteiger partial charge in [-0.1, -0.05) is 11.6 Å². The molecule has 6 nitrogen and oxygen atoms in total. The summed E-state index contributed by atoms with van der Waals surface area (Å²) in [6, 6.07) is 3.21. The van der Waals surface area contributed by atoms with Crippen LogP contribution in [0.4, 0.5) is 0 Å². The maximum atomic E-state index is 12.6. The molecule has 1 saturated heterocycles. The van der Waals surface area contributed by atoms with E-state index in [0.29, 0.717) is 30.2 Å². The van der Waals surface area contributed by atoms with Gasteiger partial charge >= 0.3 is 0 Å². The number of sulfonamides is 1. The highest BCUT2D eigenvalue weighted by atomic mass is 35.5. The van der Waals surface area contributed by atoms with Gasteiger partial charge in [-0.05, 0) is 37.8 Å². The number of piperidine rings is 1. The van der Waals surface area contributed by atoms with Crippen LogP contribution >= 0.6 is 11.6 Å². The minimum absolute atomic E-state index is 0.0243. The highest BCUT2D eigenvalue weighted by molar-refractivity contribution is 7.88. The molecule has 2 rings (SSSR count). The zero-order chi connectivity index (χ0) is 16.2. The summed E-state index contributed by atoms with van der Waals surface area (Å²) in [5, 5.41) is 0.477. The fourth-order valence-corrected chi connectivity index (χ4v) is 3.30. The van der Waals surface area contributed by atoms with E-state index in [1.807, 2.05) is 0 Å². The topological polar surface area (TPSA) is 79.4 Å². The predicted molar refractivity (Wildman–Crippen MR) is 85.4 cm³/mol. The molecular weight excluding hydrogens is 326 g/mol. The van der Waals surface area contributed by atoms with E-state index < -0.39 is 10.0 Å². The van der Waals surface area contributed by atoms with Crippen molar-refractivity contribution in [2.24, 2.45) is 0 Å². The largest absolute Gasteiger partial charge is 0.334 e. The first kappa shape index (κ1) is 17.2. The average Bonchev–Trinajstić information content (AvgIpc) is 2.46. The highest BCUT2D eigenvalue weighted by Crippen LogP contribution is 2.22. The molecule has 1 aliphatic rings. The van der Waals surface area contributed by atoms with Crippen LogP contribution < -0.4 is 4.72 Å². The zero-order valence-electron chi connectivity index (χ0n) is 12.5. The molecule has 1 fully saturated rings. The maximum absolute atomic E-state index is 12.6. The molecule has 0 radical (unpaired) electrons. The Labute approximate surface area is 135 Å². The van der Waals surface area contributed by atoms with Gasteiger partial charge in [0.15, 0.2) is 0 Å². The second kappa shape index (κ2) is 7.39. The van der Waals surface area contributed by atoms with Crippen molar-refractivity contribution in [3.63, 3.8) is 0 Å². The van der Waals surface area contributed by atoms with Crippen LogP contribution in [0.5, 0.6) is 0 Å². The van der Waals surface area contributed by atoms with E-state index in [4.69, 9.17) is 11.6 Å². The summed E-state index contributed by atoms with van der Waals surface area (Å²) < 4.78 is 24.7. The summed E-state index contributed by atoms with van der Waals surface area (Å²) in [5.74, 6) is -0.147. The minimum Gasteiger partial charge on any atom is -0.334 e. The molecule has 1 aromatic heterocycles. The third-order valence-electron chi connectivity index (χ3n) is 3.67. The number of nitrogens with one attached hydrogen (secondary N) is 1. The number of carbonyl (C=O) groups excluding carboxylic acids is 1. The molecule has 122 valence electrons. The van der Waals surface area contributed by atoms with E-state index in [-0.39, 0.29) is 11.9 Å². The molecule has 1 amide bonds. The van der Waals surface area contributed by atoms with Crippen molar-refractivity contribution in [3.05, 3.63) is 29.0 Å². The van der Waals surface area contributed by atoms with E-state index in [1.165, 1.54) is 6.20 Å². The van der Waals surface area contributed by atoms with Gasteiger partial charge in [0.2, 0.25) is 10.0 Å². The lowest BCUT2D eigenvalue weighted by molar-refractivity contribution is 0.0598. The maximum Gasteiger partial charge on any atom is 0.272 e. The van der Waals surface area contributed by atoms with Crippen LogP contribution in [-0.2, 0) is 10.0 Å². The van der Waals surface area contributed by atoms with Crippen LogP contribution in [-0.4, -0.2) is 49.6 Å². The van der Waals surface area contributed by atoms with Crippen molar-refractivity contribution >= 4 is 27.5 Å². The van der Waals surface area contributed by atoms with Gasteiger partial charge in [0.25, 0.3) is 5.91 Å². The van der Waals surface area contributed by atoms with Gasteiger partial charge in [-0.3, -0.25) is 9.78 Å². The number of nitrogens with zero attached hydrogens (tertiary/aromatic N) is 2. The van der Waals surface area contributed by atoms with Crippen molar-refractivity contribution in [1.29, 1.82) is 0 Å². The van der Waals surface area contributed by atoms with Gasteiger partial charge in [-0.2, -0.15) is 0 Å². The van der Waals surface area contributed by atoms with E-state index in [9.17, 15) is 13.2 Å². The lowest BCUT2D eigenvalue weighted by Crippen LogP contribution is -2.45. The molecule has 22 heavy (non-hydrogen) atoms. The van der Waals surface area contributed by atoms with Gasteiger partial charge < -0.3 is 4.90 Å². The second-order valence-electron chi connectivity index (χ2n) is 5.46. The van der Waals surface area contributed by atoms with E-state index in [1.54, 1.807) is 17.0 Å². The van der Waals surface area contributed by atoms with Crippen LogP contribution in [0.2, 0.25) is 5.02 Å². The molecule has 1 N–H and O–H groups in total. The Hall–Kier alpha value is -1.18. The number of pyridine rings is 1. The molecule has 0 aliphatic carbocycles. The van der Waals surface area contributed by atoms with Crippen LogP contribution in [0.25, 0.3) is 0 Å². The summed E-state index contributed by atoms with van der Waals surface area (Å²) in [5.41, 5.74) is 0.329. The van der Waals surface area contributed by atoms with Gasteiger partial charge in [-0.25, -0.2) is 13.1 Å². The number of likely N-dealkylation sites (tertiary alicyclic amines) is 1. The quantitative estimate of drug-likeness (QED) is 0.880. The summed E-state index contributed by atoms with van der Waals surface area (Å²) >= 11 is 5.91. The second-order valence-corrected chi connectivity index (χ2v) is 7.73. The highest BCUT2D eigenvalue weighted by Gasteiger charge is 2.28. The molecule has 2 heterocycles. The van der Waals surface area contributed by atoms with Gasteiger partial charge in [0.05, 0.1) is 6.26 Å². The van der Waals surface area contributed by atoms with Crippen LogP contribution in [0.1, 0.15) is 36.2 Å². The van der Waals surface area contributed by atoms with Gasteiger partial charge in [-0.15, -0.1) is 0 Å². The van der Waals surface area contributed by atoms with Crippen LogP contribution in [0.15, 0.2) is 18.3 Å². The molecule has 1 aliphatic heterocycles. The minimum atomic E-state index is -3.20. The Morgan fingerprint density at radius 1 is 1.50 bits per heavy atom. The normalized spacial score (nSPS) is 19.2. The number of amides is 1. The number of carbonyl (C=O) groups is 1.